The molecule has 0 saturated carbocycles. The topological polar surface area (TPSA) is 89.3 Å². The van der Waals surface area contributed by atoms with Gasteiger partial charge < -0.3 is 11.1 Å². The van der Waals surface area contributed by atoms with E-state index in [0.29, 0.717) is 19.5 Å². The minimum absolute atomic E-state index is 0.0260. The molecule has 0 bridgehead atoms. The first-order chi connectivity index (χ1) is 6.45. The van der Waals surface area contributed by atoms with E-state index in [0.717, 1.165) is 0 Å². The minimum Gasteiger partial charge on any atom is -0.355 e. The molecule has 1 unspecified atom stereocenters. The van der Waals surface area contributed by atoms with E-state index in [9.17, 15) is 13.2 Å². The molecule has 84 valence electrons. The molecular weight excluding hydrogens is 204 g/mol. The van der Waals surface area contributed by atoms with Crippen LogP contribution in [-0.4, -0.2) is 38.4 Å². The first-order valence-corrected chi connectivity index (χ1v) is 6.36. The van der Waals surface area contributed by atoms with Crippen LogP contribution >= 0.6 is 0 Å². The number of sulfone groups is 1. The maximum Gasteiger partial charge on any atom is 0.238 e. The molecule has 0 fully saturated rings. The Balaban J connectivity index is 4.35. The number of rotatable bonds is 6. The summed E-state index contributed by atoms with van der Waals surface area (Å²) in [5, 5.41) is 1.50. The highest BCUT2D eigenvalue weighted by Crippen LogP contribution is 2.03. The van der Waals surface area contributed by atoms with E-state index in [2.05, 4.69) is 5.32 Å². The molecule has 0 heterocycles. The van der Waals surface area contributed by atoms with Gasteiger partial charge in [0.15, 0.2) is 9.84 Å². The van der Waals surface area contributed by atoms with Crippen molar-refractivity contribution in [1.29, 1.82) is 0 Å². The molecule has 0 saturated heterocycles. The molecule has 0 rings (SSSR count). The van der Waals surface area contributed by atoms with Gasteiger partial charge in [-0.25, -0.2) is 8.42 Å². The standard InChI is InChI=1S/C8H18N2O3S/c1-3-10-8(11)7(2)14(12,13)6-4-5-9/h7H,3-6,9H2,1-2H3,(H,10,11). The average molecular weight is 222 g/mol. The van der Waals surface area contributed by atoms with Crippen molar-refractivity contribution in [2.75, 3.05) is 18.8 Å². The highest BCUT2D eigenvalue weighted by Gasteiger charge is 2.26. The lowest BCUT2D eigenvalue weighted by Crippen LogP contribution is -2.39. The van der Waals surface area contributed by atoms with Crippen molar-refractivity contribution >= 4 is 15.7 Å². The van der Waals surface area contributed by atoms with E-state index >= 15 is 0 Å². The van der Waals surface area contributed by atoms with Crippen LogP contribution < -0.4 is 11.1 Å². The average Bonchev–Trinajstić information content (AvgIpc) is 2.14. The minimum atomic E-state index is -3.34. The number of carbonyl (C=O) groups is 1. The van der Waals surface area contributed by atoms with Crippen molar-refractivity contribution in [1.82, 2.24) is 5.32 Å². The third-order valence-corrected chi connectivity index (χ3v) is 4.04. The second-order valence-corrected chi connectivity index (χ2v) is 5.49. The van der Waals surface area contributed by atoms with Crippen LogP contribution in [0.1, 0.15) is 20.3 Å². The predicted octanol–water partition coefficient (Wildman–Crippen LogP) is -0.725. The number of nitrogens with two attached hydrogens (primary N) is 1. The Hall–Kier alpha value is -0.620. The lowest BCUT2D eigenvalue weighted by atomic mass is 10.4. The van der Waals surface area contributed by atoms with Gasteiger partial charge >= 0.3 is 0 Å². The zero-order valence-electron chi connectivity index (χ0n) is 8.62. The second-order valence-electron chi connectivity index (χ2n) is 3.05. The zero-order valence-corrected chi connectivity index (χ0v) is 9.43. The molecule has 0 spiro atoms. The summed E-state index contributed by atoms with van der Waals surface area (Å²) in [7, 11) is -3.34. The molecule has 0 aromatic carbocycles. The summed E-state index contributed by atoms with van der Waals surface area (Å²) in [6.07, 6.45) is 0.395. The zero-order chi connectivity index (χ0) is 11.2. The molecule has 1 amide bonds. The van der Waals surface area contributed by atoms with Crippen LogP contribution in [0.2, 0.25) is 0 Å². The second kappa shape index (κ2) is 5.98. The first kappa shape index (κ1) is 13.4. The van der Waals surface area contributed by atoms with E-state index in [1.54, 1.807) is 6.92 Å². The fourth-order valence-corrected chi connectivity index (χ4v) is 2.27. The van der Waals surface area contributed by atoms with E-state index in [1.807, 2.05) is 0 Å². The molecule has 1 atom stereocenters. The van der Waals surface area contributed by atoms with Crippen LogP contribution in [0, 0.1) is 0 Å². The fourth-order valence-electron chi connectivity index (χ4n) is 0.942. The van der Waals surface area contributed by atoms with Crippen molar-refractivity contribution < 1.29 is 13.2 Å². The summed E-state index contributed by atoms with van der Waals surface area (Å²) in [5.41, 5.74) is 5.21. The van der Waals surface area contributed by atoms with Gasteiger partial charge in [0.2, 0.25) is 5.91 Å². The van der Waals surface area contributed by atoms with Gasteiger partial charge in [-0.05, 0) is 26.8 Å². The van der Waals surface area contributed by atoms with E-state index < -0.39 is 21.0 Å². The Morgan fingerprint density at radius 2 is 2.07 bits per heavy atom. The van der Waals surface area contributed by atoms with Crippen LogP contribution in [0.15, 0.2) is 0 Å². The van der Waals surface area contributed by atoms with Crippen molar-refractivity contribution in [3.05, 3.63) is 0 Å². The molecule has 0 aliphatic heterocycles. The molecule has 14 heavy (non-hydrogen) atoms. The Kier molecular flexibility index (Phi) is 5.71. The molecule has 0 radical (unpaired) electrons. The molecule has 0 aliphatic carbocycles. The third-order valence-electron chi connectivity index (χ3n) is 1.89. The van der Waals surface area contributed by atoms with Crippen LogP contribution in [0.5, 0.6) is 0 Å². The van der Waals surface area contributed by atoms with Crippen LogP contribution in [0.25, 0.3) is 0 Å². The van der Waals surface area contributed by atoms with E-state index in [-0.39, 0.29) is 5.75 Å². The SMILES string of the molecule is CCNC(=O)C(C)S(=O)(=O)CCCN. The van der Waals surface area contributed by atoms with E-state index in [4.69, 9.17) is 5.73 Å². The monoisotopic (exact) mass is 222 g/mol. The van der Waals surface area contributed by atoms with Gasteiger partial charge in [0.1, 0.15) is 5.25 Å². The van der Waals surface area contributed by atoms with Crippen LogP contribution in [0.4, 0.5) is 0 Å². The Morgan fingerprint density at radius 1 is 1.50 bits per heavy atom. The number of hydrogen-bond donors (Lipinski definition) is 2. The van der Waals surface area contributed by atoms with Crippen molar-refractivity contribution in [3.63, 3.8) is 0 Å². The summed E-state index contributed by atoms with van der Waals surface area (Å²) < 4.78 is 23.0. The third kappa shape index (κ3) is 4.06. The molecular formula is C8H18N2O3S. The summed E-state index contributed by atoms with van der Waals surface area (Å²) in [4.78, 5) is 11.2. The fraction of sp³-hybridized carbons (Fsp3) is 0.875. The van der Waals surface area contributed by atoms with Crippen molar-refractivity contribution in [3.8, 4) is 0 Å². The molecule has 6 heteroatoms. The van der Waals surface area contributed by atoms with E-state index in [1.165, 1.54) is 6.92 Å². The normalized spacial score (nSPS) is 13.6. The smallest absolute Gasteiger partial charge is 0.238 e. The molecule has 0 aromatic heterocycles. The molecule has 5 nitrogen and oxygen atoms in total. The van der Waals surface area contributed by atoms with Gasteiger partial charge in [-0.1, -0.05) is 0 Å². The highest BCUT2D eigenvalue weighted by molar-refractivity contribution is 7.92. The van der Waals surface area contributed by atoms with Crippen LogP contribution in [-0.2, 0) is 14.6 Å². The Bertz CT molecular complexity index is 274. The van der Waals surface area contributed by atoms with Gasteiger partial charge in [-0.3, -0.25) is 4.79 Å². The van der Waals surface area contributed by atoms with Gasteiger partial charge in [0, 0.05) is 6.54 Å². The van der Waals surface area contributed by atoms with Crippen LogP contribution in [0.3, 0.4) is 0 Å². The lowest BCUT2D eigenvalue weighted by Gasteiger charge is -2.11. The van der Waals surface area contributed by atoms with Crippen molar-refractivity contribution in [2.45, 2.75) is 25.5 Å². The highest BCUT2D eigenvalue weighted by atomic mass is 32.2. The predicted molar refractivity (Wildman–Crippen MR) is 55.6 cm³/mol. The van der Waals surface area contributed by atoms with Crippen molar-refractivity contribution in [2.24, 2.45) is 5.73 Å². The maximum absolute atomic E-state index is 11.5. The van der Waals surface area contributed by atoms with Gasteiger partial charge in [-0.2, -0.15) is 0 Å². The Labute approximate surface area is 85.0 Å². The quantitative estimate of drug-likeness (QED) is 0.620. The lowest BCUT2D eigenvalue weighted by molar-refractivity contribution is -0.120. The largest absolute Gasteiger partial charge is 0.355 e. The molecule has 0 aliphatic rings. The Morgan fingerprint density at radius 3 is 2.50 bits per heavy atom. The summed E-state index contributed by atoms with van der Waals surface area (Å²) >= 11 is 0. The van der Waals surface area contributed by atoms with Gasteiger partial charge in [-0.15, -0.1) is 0 Å². The molecule has 3 N–H and O–H groups in total. The number of amides is 1. The number of nitrogens with one attached hydrogen (secondary N) is 1. The van der Waals surface area contributed by atoms with Gasteiger partial charge in [0.25, 0.3) is 0 Å². The summed E-state index contributed by atoms with van der Waals surface area (Å²) in [6, 6.07) is 0. The summed E-state index contributed by atoms with van der Waals surface area (Å²) in [5.74, 6) is -0.466. The number of carbonyl (C=O) groups excluding carboxylic acids is 1. The number of hydrogen-bond acceptors (Lipinski definition) is 4. The summed E-state index contributed by atoms with van der Waals surface area (Å²) in [6.45, 7) is 3.91. The maximum atomic E-state index is 11.5. The molecule has 0 aromatic rings. The van der Waals surface area contributed by atoms with Gasteiger partial charge in [0.05, 0.1) is 5.75 Å². The first-order valence-electron chi connectivity index (χ1n) is 4.65.